The molecule has 0 spiro atoms. The summed E-state index contributed by atoms with van der Waals surface area (Å²) in [6.45, 7) is 1.69. The maximum atomic E-state index is 12.4. The zero-order chi connectivity index (χ0) is 22.8. The van der Waals surface area contributed by atoms with Gasteiger partial charge in [-0.15, -0.1) is 0 Å². The van der Waals surface area contributed by atoms with E-state index in [2.05, 4.69) is 15.3 Å². The van der Waals surface area contributed by atoms with Gasteiger partial charge in [-0.05, 0) is 49.2 Å². The van der Waals surface area contributed by atoms with Gasteiger partial charge in [-0.3, -0.25) is 14.8 Å². The molecule has 2 aromatic heterocycles. The summed E-state index contributed by atoms with van der Waals surface area (Å²) in [6.07, 6.45) is -2.82. The van der Waals surface area contributed by atoms with Gasteiger partial charge in [0, 0.05) is 35.5 Å². The molecular weight excluding hydrogens is 431 g/mol. The third kappa shape index (κ3) is 6.00. The number of sulfone groups is 1. The number of nitrogens with one attached hydrogen (secondary N) is 1. The number of fused-ring (bicyclic) bond motifs is 1. The summed E-state index contributed by atoms with van der Waals surface area (Å²) in [5, 5.41) is 3.33. The highest BCUT2D eigenvalue weighted by molar-refractivity contribution is 7.90. The second kappa shape index (κ2) is 8.62. The van der Waals surface area contributed by atoms with Gasteiger partial charge < -0.3 is 5.32 Å². The van der Waals surface area contributed by atoms with Crippen molar-refractivity contribution in [1.29, 1.82) is 0 Å². The highest BCUT2D eigenvalue weighted by atomic mass is 32.2. The molecule has 164 valence electrons. The minimum Gasteiger partial charge on any atom is -0.346 e. The van der Waals surface area contributed by atoms with E-state index in [0.29, 0.717) is 27.9 Å². The fraction of sp³-hybridized carbons (Fsp3) is 0.286. The molecule has 0 bridgehead atoms. The van der Waals surface area contributed by atoms with Crippen LogP contribution in [-0.4, -0.2) is 36.7 Å². The summed E-state index contributed by atoms with van der Waals surface area (Å²) >= 11 is 0. The summed E-state index contributed by atoms with van der Waals surface area (Å²) in [6, 6.07) is 9.20. The zero-order valence-electron chi connectivity index (χ0n) is 16.8. The van der Waals surface area contributed by atoms with E-state index in [1.165, 1.54) is 24.4 Å². The lowest BCUT2D eigenvalue weighted by Crippen LogP contribution is -2.23. The van der Waals surface area contributed by atoms with Crippen LogP contribution in [0.3, 0.4) is 0 Å². The number of amides is 1. The summed E-state index contributed by atoms with van der Waals surface area (Å²) < 4.78 is 61.0. The van der Waals surface area contributed by atoms with Crippen molar-refractivity contribution in [1.82, 2.24) is 15.3 Å². The quantitative estimate of drug-likeness (QED) is 0.616. The number of benzene rings is 1. The predicted octanol–water partition coefficient (Wildman–Crippen LogP) is 3.77. The molecule has 3 aromatic rings. The Hall–Kier alpha value is -3.01. The number of hydrogen-bond acceptors (Lipinski definition) is 5. The Kier molecular flexibility index (Phi) is 6.30. The van der Waals surface area contributed by atoms with Crippen LogP contribution in [0.15, 0.2) is 47.5 Å². The molecule has 6 nitrogen and oxygen atoms in total. The normalized spacial score (nSPS) is 12.2. The number of carbonyl (C=O) groups excluding carboxylic acids is 1. The van der Waals surface area contributed by atoms with Gasteiger partial charge in [-0.2, -0.15) is 13.2 Å². The minimum absolute atomic E-state index is 0.0469. The molecule has 1 aromatic carbocycles. The summed E-state index contributed by atoms with van der Waals surface area (Å²) in [5.41, 5.74) is 2.01. The van der Waals surface area contributed by atoms with Crippen LogP contribution in [0, 0.1) is 6.92 Å². The number of aryl methyl sites for hydroxylation is 2. The Morgan fingerprint density at radius 1 is 1.10 bits per heavy atom. The Morgan fingerprint density at radius 3 is 2.52 bits per heavy atom. The predicted molar refractivity (Wildman–Crippen MR) is 109 cm³/mol. The fourth-order valence-electron chi connectivity index (χ4n) is 3.02. The molecule has 2 heterocycles. The lowest BCUT2D eigenvalue weighted by atomic mass is 10.1. The zero-order valence-corrected chi connectivity index (χ0v) is 17.6. The van der Waals surface area contributed by atoms with E-state index < -0.39 is 28.3 Å². The number of alkyl halides is 3. The molecule has 0 aliphatic carbocycles. The van der Waals surface area contributed by atoms with Crippen LogP contribution >= 0.6 is 0 Å². The molecule has 3 rings (SSSR count). The number of aromatic nitrogens is 2. The van der Waals surface area contributed by atoms with Gasteiger partial charge in [0.1, 0.15) is 0 Å². The van der Waals surface area contributed by atoms with Crippen molar-refractivity contribution in [2.75, 3.05) is 6.26 Å². The largest absolute Gasteiger partial charge is 0.389 e. The van der Waals surface area contributed by atoms with Gasteiger partial charge >= 0.3 is 6.18 Å². The number of halogens is 3. The lowest BCUT2D eigenvalue weighted by molar-refractivity contribution is -0.134. The minimum atomic E-state index is -4.25. The molecule has 0 fully saturated rings. The Morgan fingerprint density at radius 2 is 1.84 bits per heavy atom. The van der Waals surface area contributed by atoms with Crippen LogP contribution in [0.25, 0.3) is 10.9 Å². The van der Waals surface area contributed by atoms with Gasteiger partial charge in [0.15, 0.2) is 9.84 Å². The van der Waals surface area contributed by atoms with Crippen molar-refractivity contribution in [3.63, 3.8) is 0 Å². The third-order valence-corrected chi connectivity index (χ3v) is 5.87. The van der Waals surface area contributed by atoms with Crippen molar-refractivity contribution in [3.8, 4) is 0 Å². The molecule has 0 aliphatic heterocycles. The van der Waals surface area contributed by atoms with Gasteiger partial charge in [0.25, 0.3) is 5.91 Å². The second-order valence-corrected chi connectivity index (χ2v) is 9.21. The molecular formula is C21H20F3N3O3S. The Bertz CT molecular complexity index is 1240. The van der Waals surface area contributed by atoms with E-state index in [0.717, 1.165) is 6.26 Å². The first-order valence-electron chi connectivity index (χ1n) is 9.32. The highest BCUT2D eigenvalue weighted by Gasteiger charge is 2.26. The third-order valence-electron chi connectivity index (χ3n) is 4.63. The van der Waals surface area contributed by atoms with Crippen LogP contribution in [-0.2, 0) is 22.8 Å². The SMILES string of the molecule is Cc1ccc(C(=O)NCc2cc3nc(CCC(F)(F)F)ccc3cn2)cc1S(C)(=O)=O. The molecule has 0 saturated heterocycles. The van der Waals surface area contributed by atoms with Crippen LogP contribution in [0.4, 0.5) is 13.2 Å². The van der Waals surface area contributed by atoms with E-state index >= 15 is 0 Å². The lowest BCUT2D eigenvalue weighted by Gasteiger charge is -2.09. The molecule has 0 saturated carbocycles. The van der Waals surface area contributed by atoms with Crippen LogP contribution in [0.1, 0.15) is 33.7 Å². The van der Waals surface area contributed by atoms with Crippen molar-refractivity contribution in [3.05, 3.63) is 65.1 Å². The Balaban J connectivity index is 1.74. The van der Waals surface area contributed by atoms with E-state index in [9.17, 15) is 26.4 Å². The van der Waals surface area contributed by atoms with E-state index in [1.54, 1.807) is 25.1 Å². The average Bonchev–Trinajstić information content (AvgIpc) is 2.69. The van der Waals surface area contributed by atoms with Gasteiger partial charge in [-0.25, -0.2) is 8.42 Å². The summed E-state index contributed by atoms with van der Waals surface area (Å²) in [4.78, 5) is 21.0. The van der Waals surface area contributed by atoms with Gasteiger partial charge in [-0.1, -0.05) is 6.07 Å². The molecule has 0 unspecified atom stereocenters. The van der Waals surface area contributed by atoms with E-state index in [-0.39, 0.29) is 23.4 Å². The number of carbonyl (C=O) groups is 1. The summed E-state index contributed by atoms with van der Waals surface area (Å²) in [7, 11) is -3.47. The molecule has 0 radical (unpaired) electrons. The first-order chi connectivity index (χ1) is 14.4. The maximum Gasteiger partial charge on any atom is 0.389 e. The van der Waals surface area contributed by atoms with Crippen LogP contribution in [0.5, 0.6) is 0 Å². The van der Waals surface area contributed by atoms with Crippen LogP contribution in [0.2, 0.25) is 0 Å². The monoisotopic (exact) mass is 451 g/mol. The van der Waals surface area contributed by atoms with Crippen molar-refractivity contribution in [2.24, 2.45) is 0 Å². The number of rotatable bonds is 6. The van der Waals surface area contributed by atoms with Crippen molar-refractivity contribution >= 4 is 26.6 Å². The molecule has 31 heavy (non-hydrogen) atoms. The second-order valence-electron chi connectivity index (χ2n) is 7.22. The first-order valence-corrected chi connectivity index (χ1v) is 11.2. The molecule has 0 atom stereocenters. The standard InChI is InChI=1S/C21H20F3N3O3S/c1-13-3-4-14(9-19(13)31(2,29)30)20(28)26-12-17-10-18-15(11-25-17)5-6-16(27-18)7-8-21(22,23)24/h3-6,9-11H,7-8,12H2,1-2H3,(H,26,28). The maximum absolute atomic E-state index is 12.4. The van der Waals surface area contributed by atoms with Crippen molar-refractivity contribution < 1.29 is 26.4 Å². The van der Waals surface area contributed by atoms with E-state index in [4.69, 9.17) is 0 Å². The van der Waals surface area contributed by atoms with Gasteiger partial charge in [0.2, 0.25) is 0 Å². The average molecular weight is 451 g/mol. The molecule has 0 aliphatic rings. The number of nitrogens with zero attached hydrogens (tertiary/aromatic N) is 2. The number of pyridine rings is 2. The smallest absolute Gasteiger partial charge is 0.346 e. The molecule has 1 N–H and O–H groups in total. The summed E-state index contributed by atoms with van der Waals surface area (Å²) in [5.74, 6) is -0.473. The van der Waals surface area contributed by atoms with Gasteiger partial charge in [0.05, 0.1) is 22.7 Å². The Labute approximate surface area is 177 Å². The van der Waals surface area contributed by atoms with E-state index in [1.807, 2.05) is 0 Å². The molecule has 1 amide bonds. The highest BCUT2D eigenvalue weighted by Crippen LogP contribution is 2.22. The number of hydrogen-bond donors (Lipinski definition) is 1. The fourth-order valence-corrected chi connectivity index (χ4v) is 4.01. The topological polar surface area (TPSA) is 89.0 Å². The first kappa shape index (κ1) is 22.7. The van der Waals surface area contributed by atoms with Crippen LogP contribution < -0.4 is 5.32 Å². The molecule has 10 heteroatoms. The van der Waals surface area contributed by atoms with Crippen molar-refractivity contribution in [2.45, 2.75) is 37.4 Å².